The maximum absolute atomic E-state index is 13.5. The first-order valence-corrected chi connectivity index (χ1v) is 14.1. The molecule has 4 fully saturated rings. The molecule has 0 bridgehead atoms. The largest absolute Gasteiger partial charge is 0.481 e. The summed E-state index contributed by atoms with van der Waals surface area (Å²) >= 11 is 0. The topological polar surface area (TPSA) is 98.0 Å². The Morgan fingerprint density at radius 1 is 1.03 bits per heavy atom. The molecule has 0 radical (unpaired) electrons. The number of rotatable bonds is 2. The summed E-state index contributed by atoms with van der Waals surface area (Å²) in [6, 6.07) is 0. The quantitative estimate of drug-likeness (QED) is 0.409. The Hall–Kier alpha value is -0.910. The average molecular weight is 489 g/mol. The van der Waals surface area contributed by atoms with E-state index in [2.05, 4.69) is 40.7 Å². The standard InChI is InChI=1S/C30H48O5/c1-17-9-11-26(3)13-14-30(25(34)35)19(23(26)18(17)2)7-8-21-27(4)12-10-22(33)28(5,16-31)24(27)20(32)15-29(21,30)6/h7,17-18,20-24,31-33H,8-16H2,1-6H3,(H,34,35). The number of hydrogen-bond acceptors (Lipinski definition) is 4. The number of carboxylic acids is 1. The number of aliphatic carboxylic acids is 1. The first-order valence-electron chi connectivity index (χ1n) is 14.1. The number of allylic oxidation sites excluding steroid dienone is 1. The second-order valence-electron chi connectivity index (χ2n) is 14.6. The molecule has 0 spiro atoms. The van der Waals surface area contributed by atoms with Gasteiger partial charge in [0.15, 0.2) is 0 Å². The van der Waals surface area contributed by atoms with Crippen molar-refractivity contribution in [1.29, 1.82) is 0 Å². The fraction of sp³-hybridized carbons (Fsp3) is 0.900. The van der Waals surface area contributed by atoms with Crippen LogP contribution in [0.15, 0.2) is 11.6 Å². The molecular formula is C30H48O5. The zero-order valence-corrected chi connectivity index (χ0v) is 22.7. The highest BCUT2D eigenvalue weighted by Crippen LogP contribution is 2.75. The van der Waals surface area contributed by atoms with Crippen LogP contribution in [0.25, 0.3) is 0 Å². The molecule has 198 valence electrons. The lowest BCUT2D eigenvalue weighted by Gasteiger charge is -2.71. The normalized spacial score (nSPS) is 57.7. The second kappa shape index (κ2) is 7.80. The molecule has 5 heteroatoms. The van der Waals surface area contributed by atoms with Gasteiger partial charge in [0.1, 0.15) is 0 Å². The summed E-state index contributed by atoms with van der Waals surface area (Å²) < 4.78 is 0. The molecule has 12 atom stereocenters. The Morgan fingerprint density at radius 3 is 2.34 bits per heavy atom. The molecular weight excluding hydrogens is 440 g/mol. The van der Waals surface area contributed by atoms with Gasteiger partial charge in [0, 0.05) is 11.3 Å². The van der Waals surface area contributed by atoms with E-state index in [1.165, 1.54) is 6.42 Å². The molecule has 35 heavy (non-hydrogen) atoms. The minimum atomic E-state index is -0.966. The Bertz CT molecular complexity index is 930. The van der Waals surface area contributed by atoms with Crippen LogP contribution in [0, 0.1) is 56.7 Å². The lowest BCUT2D eigenvalue weighted by atomic mass is 9.32. The fourth-order valence-corrected chi connectivity index (χ4v) is 11.2. The van der Waals surface area contributed by atoms with E-state index >= 15 is 0 Å². The van der Waals surface area contributed by atoms with Crippen molar-refractivity contribution >= 4 is 5.97 Å². The molecule has 4 saturated carbocycles. The third kappa shape index (κ3) is 2.95. The summed E-state index contributed by atoms with van der Waals surface area (Å²) in [5.74, 6) is 0.407. The van der Waals surface area contributed by atoms with Crippen LogP contribution >= 0.6 is 0 Å². The summed E-state index contributed by atoms with van der Waals surface area (Å²) in [6.45, 7) is 13.2. The van der Waals surface area contributed by atoms with Crippen LogP contribution in [0.4, 0.5) is 0 Å². The van der Waals surface area contributed by atoms with Crippen LogP contribution in [0.5, 0.6) is 0 Å². The fourth-order valence-electron chi connectivity index (χ4n) is 11.2. The molecule has 5 rings (SSSR count). The zero-order valence-electron chi connectivity index (χ0n) is 22.7. The smallest absolute Gasteiger partial charge is 0.314 e. The van der Waals surface area contributed by atoms with Gasteiger partial charge in [-0.1, -0.05) is 53.2 Å². The zero-order chi connectivity index (χ0) is 25.8. The van der Waals surface area contributed by atoms with Crippen LogP contribution in [0.1, 0.15) is 92.9 Å². The lowest BCUT2D eigenvalue weighted by Crippen LogP contribution is -2.70. The van der Waals surface area contributed by atoms with E-state index in [1.807, 2.05) is 6.92 Å². The van der Waals surface area contributed by atoms with Gasteiger partial charge in [-0.05, 0) is 91.3 Å². The predicted octanol–water partition coefficient (Wildman–Crippen LogP) is 5.03. The van der Waals surface area contributed by atoms with Gasteiger partial charge in [0.2, 0.25) is 0 Å². The number of aliphatic hydroxyl groups is 3. The van der Waals surface area contributed by atoms with E-state index in [-0.39, 0.29) is 35.2 Å². The SMILES string of the molecule is CC1CCC2(C)CCC3(C(=O)O)C(=CCC4C5(C)CCC(O)C(C)(CO)C5C(O)CC43C)C2C1C. The maximum atomic E-state index is 13.5. The molecule has 0 amide bonds. The van der Waals surface area contributed by atoms with Crippen molar-refractivity contribution in [3.8, 4) is 0 Å². The van der Waals surface area contributed by atoms with E-state index in [9.17, 15) is 25.2 Å². The van der Waals surface area contributed by atoms with Gasteiger partial charge in [0.05, 0.1) is 24.2 Å². The molecule has 0 aromatic heterocycles. The summed E-state index contributed by atoms with van der Waals surface area (Å²) in [4.78, 5) is 13.5. The Morgan fingerprint density at radius 2 is 1.71 bits per heavy atom. The summed E-state index contributed by atoms with van der Waals surface area (Å²) in [5.41, 5.74) is -1.37. The molecule has 12 unspecified atom stereocenters. The molecule has 5 aliphatic carbocycles. The first kappa shape index (κ1) is 25.7. The molecule has 0 aromatic carbocycles. The Balaban J connectivity index is 1.69. The number of carbonyl (C=O) groups is 1. The average Bonchev–Trinajstić information content (AvgIpc) is 2.78. The van der Waals surface area contributed by atoms with E-state index in [0.29, 0.717) is 31.1 Å². The third-order valence-corrected chi connectivity index (χ3v) is 13.2. The van der Waals surface area contributed by atoms with Crippen molar-refractivity contribution in [3.05, 3.63) is 11.6 Å². The molecule has 5 nitrogen and oxygen atoms in total. The van der Waals surface area contributed by atoms with Crippen molar-refractivity contribution in [1.82, 2.24) is 0 Å². The van der Waals surface area contributed by atoms with Crippen molar-refractivity contribution in [3.63, 3.8) is 0 Å². The van der Waals surface area contributed by atoms with E-state index in [0.717, 1.165) is 31.3 Å². The van der Waals surface area contributed by atoms with Gasteiger partial charge in [-0.25, -0.2) is 0 Å². The predicted molar refractivity (Wildman–Crippen MR) is 135 cm³/mol. The van der Waals surface area contributed by atoms with Crippen LogP contribution < -0.4 is 0 Å². The number of aliphatic hydroxyl groups excluding tert-OH is 3. The van der Waals surface area contributed by atoms with Crippen molar-refractivity contribution in [2.75, 3.05) is 6.61 Å². The lowest BCUT2D eigenvalue weighted by molar-refractivity contribution is -0.254. The minimum absolute atomic E-state index is 0.0855. The van der Waals surface area contributed by atoms with Gasteiger partial charge in [-0.2, -0.15) is 0 Å². The summed E-state index contributed by atoms with van der Waals surface area (Å²) in [7, 11) is 0. The number of fused-ring (bicyclic) bond motifs is 7. The van der Waals surface area contributed by atoms with E-state index < -0.39 is 34.4 Å². The Kier molecular flexibility index (Phi) is 5.73. The van der Waals surface area contributed by atoms with Gasteiger partial charge >= 0.3 is 5.97 Å². The highest BCUT2D eigenvalue weighted by atomic mass is 16.4. The van der Waals surface area contributed by atoms with Crippen LogP contribution in [0.3, 0.4) is 0 Å². The Labute approximate surface area is 211 Å². The van der Waals surface area contributed by atoms with E-state index in [1.54, 1.807) is 0 Å². The maximum Gasteiger partial charge on any atom is 0.314 e. The van der Waals surface area contributed by atoms with E-state index in [4.69, 9.17) is 0 Å². The minimum Gasteiger partial charge on any atom is -0.481 e. The second-order valence-corrected chi connectivity index (χ2v) is 14.6. The van der Waals surface area contributed by atoms with Gasteiger partial charge in [0.25, 0.3) is 0 Å². The summed E-state index contributed by atoms with van der Waals surface area (Å²) in [5, 5.41) is 44.2. The van der Waals surface area contributed by atoms with Gasteiger partial charge < -0.3 is 20.4 Å². The number of hydrogen-bond donors (Lipinski definition) is 4. The van der Waals surface area contributed by atoms with Crippen molar-refractivity contribution < 1.29 is 25.2 Å². The first-order chi connectivity index (χ1) is 16.2. The monoisotopic (exact) mass is 488 g/mol. The number of carboxylic acid groups (broad SMARTS) is 1. The molecule has 0 saturated heterocycles. The van der Waals surface area contributed by atoms with Crippen LogP contribution in [-0.2, 0) is 4.79 Å². The molecule has 0 heterocycles. The van der Waals surface area contributed by atoms with Crippen molar-refractivity contribution in [2.24, 2.45) is 56.7 Å². The molecule has 5 aliphatic rings. The molecule has 0 aliphatic heterocycles. The molecule has 4 N–H and O–H groups in total. The third-order valence-electron chi connectivity index (χ3n) is 13.2. The highest BCUT2D eigenvalue weighted by Gasteiger charge is 2.73. The van der Waals surface area contributed by atoms with Gasteiger partial charge in [-0.15, -0.1) is 0 Å². The van der Waals surface area contributed by atoms with Crippen molar-refractivity contribution in [2.45, 2.75) is 105 Å². The summed E-state index contributed by atoms with van der Waals surface area (Å²) in [6.07, 6.45) is 7.42. The molecule has 0 aromatic rings. The van der Waals surface area contributed by atoms with Crippen LogP contribution in [-0.4, -0.2) is 45.2 Å². The van der Waals surface area contributed by atoms with Crippen LogP contribution in [0.2, 0.25) is 0 Å². The highest BCUT2D eigenvalue weighted by molar-refractivity contribution is 5.81. The van der Waals surface area contributed by atoms with Gasteiger partial charge in [-0.3, -0.25) is 4.79 Å².